The molecule has 1 N–H and O–H groups in total. The first-order chi connectivity index (χ1) is 17.5. The standard InChI is InChI=1S/C29H21N3O4/c33-26-15-19(17-31(26)25-14-5-8-18-7-1-2-11-22(18)25)27(34)30-20-9-6-10-21(16-20)32-28(35)23-12-3-4-13-24(23)29(32)36/h1-14,16,19H,15,17H2,(H,30,34). The first-order valence-corrected chi connectivity index (χ1v) is 11.7. The molecule has 4 aromatic carbocycles. The molecule has 2 aliphatic rings. The maximum atomic E-state index is 13.1. The lowest BCUT2D eigenvalue weighted by Gasteiger charge is -2.19. The zero-order valence-electron chi connectivity index (χ0n) is 19.2. The molecule has 2 aliphatic heterocycles. The quantitative estimate of drug-likeness (QED) is 0.436. The second-order valence-corrected chi connectivity index (χ2v) is 8.93. The molecule has 0 aromatic heterocycles. The van der Waals surface area contributed by atoms with E-state index < -0.39 is 17.7 Å². The summed E-state index contributed by atoms with van der Waals surface area (Å²) in [6, 6.07) is 26.9. The molecule has 0 bridgehead atoms. The molecule has 2 heterocycles. The minimum atomic E-state index is -0.528. The van der Waals surface area contributed by atoms with Gasteiger partial charge >= 0.3 is 0 Å². The Kier molecular flexibility index (Phi) is 5.11. The van der Waals surface area contributed by atoms with Crippen molar-refractivity contribution in [1.29, 1.82) is 0 Å². The molecule has 36 heavy (non-hydrogen) atoms. The SMILES string of the molecule is O=C(Nc1cccc(N2C(=O)c3ccccc3C2=O)c1)C1CC(=O)N(c2cccc3ccccc23)C1. The van der Waals surface area contributed by atoms with Crippen molar-refractivity contribution in [3.05, 3.63) is 102 Å². The summed E-state index contributed by atoms with van der Waals surface area (Å²) in [7, 11) is 0. The van der Waals surface area contributed by atoms with Gasteiger partial charge in [-0.3, -0.25) is 19.2 Å². The van der Waals surface area contributed by atoms with Gasteiger partial charge in [0.15, 0.2) is 0 Å². The highest BCUT2D eigenvalue weighted by atomic mass is 16.2. The summed E-state index contributed by atoms with van der Waals surface area (Å²) in [5.41, 5.74) is 2.33. The van der Waals surface area contributed by atoms with Crippen LogP contribution < -0.4 is 15.1 Å². The minimum absolute atomic E-state index is 0.104. The monoisotopic (exact) mass is 475 g/mol. The number of amides is 4. The predicted octanol–water partition coefficient (Wildman–Crippen LogP) is 4.63. The van der Waals surface area contributed by atoms with Crippen molar-refractivity contribution in [1.82, 2.24) is 0 Å². The van der Waals surface area contributed by atoms with E-state index in [2.05, 4.69) is 5.32 Å². The van der Waals surface area contributed by atoms with E-state index in [1.807, 2.05) is 42.5 Å². The molecule has 176 valence electrons. The van der Waals surface area contributed by atoms with Gasteiger partial charge in [0, 0.05) is 24.0 Å². The number of fused-ring (bicyclic) bond motifs is 2. The maximum absolute atomic E-state index is 13.1. The third-order valence-corrected chi connectivity index (χ3v) is 6.72. The lowest BCUT2D eigenvalue weighted by Crippen LogP contribution is -2.30. The fourth-order valence-electron chi connectivity index (χ4n) is 4.95. The van der Waals surface area contributed by atoms with Crippen LogP contribution in [0.4, 0.5) is 17.1 Å². The average molecular weight is 476 g/mol. The molecular formula is C29H21N3O4. The Labute approximate surface area is 206 Å². The van der Waals surface area contributed by atoms with Crippen LogP contribution in [0.15, 0.2) is 91.0 Å². The Hall–Kier alpha value is -4.78. The second kappa shape index (κ2) is 8.46. The number of nitrogens with zero attached hydrogens (tertiary/aromatic N) is 2. The van der Waals surface area contributed by atoms with Gasteiger partial charge in [-0.15, -0.1) is 0 Å². The number of hydrogen-bond donors (Lipinski definition) is 1. The van der Waals surface area contributed by atoms with E-state index >= 15 is 0 Å². The Morgan fingerprint density at radius 2 is 1.44 bits per heavy atom. The summed E-state index contributed by atoms with van der Waals surface area (Å²) in [5, 5.41) is 4.85. The van der Waals surface area contributed by atoms with Gasteiger partial charge in [-0.25, -0.2) is 4.90 Å². The van der Waals surface area contributed by atoms with Crippen LogP contribution in [0.3, 0.4) is 0 Å². The molecule has 4 amide bonds. The number of anilines is 3. The smallest absolute Gasteiger partial charge is 0.266 e. The predicted molar refractivity (Wildman–Crippen MR) is 137 cm³/mol. The Bertz CT molecular complexity index is 1540. The number of nitrogens with one attached hydrogen (secondary N) is 1. The number of hydrogen-bond acceptors (Lipinski definition) is 4. The molecule has 1 saturated heterocycles. The molecule has 0 saturated carbocycles. The number of benzene rings is 4. The topological polar surface area (TPSA) is 86.8 Å². The van der Waals surface area contributed by atoms with Crippen LogP contribution in [0.25, 0.3) is 10.8 Å². The molecule has 0 radical (unpaired) electrons. The molecule has 4 aromatic rings. The van der Waals surface area contributed by atoms with Crippen molar-refractivity contribution in [2.24, 2.45) is 5.92 Å². The van der Waals surface area contributed by atoms with Crippen LogP contribution >= 0.6 is 0 Å². The molecule has 7 nitrogen and oxygen atoms in total. The highest BCUT2D eigenvalue weighted by Crippen LogP contribution is 2.33. The first kappa shape index (κ1) is 21.7. The highest BCUT2D eigenvalue weighted by molar-refractivity contribution is 6.34. The first-order valence-electron chi connectivity index (χ1n) is 11.7. The van der Waals surface area contributed by atoms with E-state index in [1.54, 1.807) is 53.4 Å². The van der Waals surface area contributed by atoms with E-state index in [9.17, 15) is 19.2 Å². The number of rotatable bonds is 4. The van der Waals surface area contributed by atoms with Crippen LogP contribution in [0, 0.1) is 5.92 Å². The van der Waals surface area contributed by atoms with Crippen molar-refractivity contribution in [2.45, 2.75) is 6.42 Å². The van der Waals surface area contributed by atoms with Gasteiger partial charge < -0.3 is 10.2 Å². The largest absolute Gasteiger partial charge is 0.326 e. The Morgan fingerprint density at radius 1 is 0.778 bits per heavy atom. The van der Waals surface area contributed by atoms with E-state index in [0.717, 1.165) is 21.4 Å². The average Bonchev–Trinajstić information content (AvgIpc) is 3.41. The minimum Gasteiger partial charge on any atom is -0.326 e. The summed E-state index contributed by atoms with van der Waals surface area (Å²) in [6.07, 6.45) is 0.104. The third-order valence-electron chi connectivity index (χ3n) is 6.72. The number of imide groups is 1. The maximum Gasteiger partial charge on any atom is 0.266 e. The fraction of sp³-hybridized carbons (Fsp3) is 0.103. The van der Waals surface area contributed by atoms with Crippen LogP contribution in [-0.2, 0) is 9.59 Å². The summed E-state index contributed by atoms with van der Waals surface area (Å²) < 4.78 is 0. The van der Waals surface area contributed by atoms with Gasteiger partial charge in [-0.1, -0.05) is 54.6 Å². The van der Waals surface area contributed by atoms with Crippen molar-refractivity contribution >= 4 is 51.5 Å². The second-order valence-electron chi connectivity index (χ2n) is 8.93. The summed E-state index contributed by atoms with van der Waals surface area (Å²) >= 11 is 0. The molecular weight excluding hydrogens is 454 g/mol. The third kappa shape index (κ3) is 3.53. The van der Waals surface area contributed by atoms with Gasteiger partial charge in [-0.2, -0.15) is 0 Å². The molecule has 1 atom stereocenters. The van der Waals surface area contributed by atoms with Crippen molar-refractivity contribution < 1.29 is 19.2 Å². The van der Waals surface area contributed by atoms with Crippen LogP contribution in [0.2, 0.25) is 0 Å². The lowest BCUT2D eigenvalue weighted by molar-refractivity contribution is -0.122. The zero-order chi connectivity index (χ0) is 24.8. The van der Waals surface area contributed by atoms with Crippen LogP contribution in [0.5, 0.6) is 0 Å². The lowest BCUT2D eigenvalue weighted by atomic mass is 10.1. The van der Waals surface area contributed by atoms with E-state index in [0.29, 0.717) is 22.5 Å². The molecule has 6 rings (SSSR count). The summed E-state index contributed by atoms with van der Waals surface area (Å²) in [4.78, 5) is 54.4. The van der Waals surface area contributed by atoms with Gasteiger partial charge in [0.1, 0.15) is 0 Å². The zero-order valence-corrected chi connectivity index (χ0v) is 19.2. The normalized spacial score (nSPS) is 17.1. The van der Waals surface area contributed by atoms with Crippen LogP contribution in [0.1, 0.15) is 27.1 Å². The van der Waals surface area contributed by atoms with Crippen molar-refractivity contribution in [3.63, 3.8) is 0 Å². The van der Waals surface area contributed by atoms with Gasteiger partial charge in [0.05, 0.1) is 28.4 Å². The van der Waals surface area contributed by atoms with Gasteiger partial charge in [0.25, 0.3) is 11.8 Å². The molecule has 1 fully saturated rings. The van der Waals surface area contributed by atoms with E-state index in [-0.39, 0.29) is 24.8 Å². The molecule has 1 unspecified atom stereocenters. The van der Waals surface area contributed by atoms with E-state index in [4.69, 9.17) is 0 Å². The molecule has 7 heteroatoms. The number of carbonyl (C=O) groups is 4. The summed E-state index contributed by atoms with van der Waals surface area (Å²) in [5.74, 6) is -1.71. The van der Waals surface area contributed by atoms with Crippen molar-refractivity contribution in [3.8, 4) is 0 Å². The molecule has 0 spiro atoms. The fourth-order valence-corrected chi connectivity index (χ4v) is 4.95. The molecule has 0 aliphatic carbocycles. The van der Waals surface area contributed by atoms with Gasteiger partial charge in [0.2, 0.25) is 11.8 Å². The highest BCUT2D eigenvalue weighted by Gasteiger charge is 2.37. The van der Waals surface area contributed by atoms with Gasteiger partial charge in [-0.05, 0) is 41.8 Å². The Morgan fingerprint density at radius 3 is 2.22 bits per heavy atom. The van der Waals surface area contributed by atoms with Crippen LogP contribution in [-0.4, -0.2) is 30.2 Å². The van der Waals surface area contributed by atoms with E-state index in [1.165, 1.54) is 0 Å². The number of carbonyl (C=O) groups excluding carboxylic acids is 4. The van der Waals surface area contributed by atoms with Crippen molar-refractivity contribution in [2.75, 3.05) is 21.7 Å². The Balaban J connectivity index is 1.20. The summed E-state index contributed by atoms with van der Waals surface area (Å²) in [6.45, 7) is 0.275.